The van der Waals surface area contributed by atoms with Crippen LogP contribution >= 0.6 is 0 Å². The van der Waals surface area contributed by atoms with Crippen LogP contribution in [0.3, 0.4) is 0 Å². The number of hydrogen-bond acceptors (Lipinski definition) is 2. The van der Waals surface area contributed by atoms with Crippen LogP contribution < -0.4 is 9.47 Å². The molecule has 0 heterocycles. The molecule has 0 atom stereocenters. The van der Waals surface area contributed by atoms with Gasteiger partial charge in [0.25, 0.3) is 0 Å². The normalized spacial score (nSPS) is 15.7. The summed E-state index contributed by atoms with van der Waals surface area (Å²) < 4.78 is 24.8. The van der Waals surface area contributed by atoms with E-state index in [1.807, 2.05) is 24.3 Å². The first-order chi connectivity index (χ1) is 9.77. The highest BCUT2D eigenvalue weighted by atomic mass is 19.1. The van der Waals surface area contributed by atoms with E-state index in [9.17, 15) is 4.39 Å². The van der Waals surface area contributed by atoms with Crippen LogP contribution in [0, 0.1) is 17.3 Å². The lowest BCUT2D eigenvalue weighted by molar-refractivity contribution is 0.156. The standard InChI is InChI=1S/C17H16FO2/c18-15-8-4-5-9-16(15)20-13-17(10-11-17)12-19-14-6-2-1-3-7-14/h1-6,8-9H,10-13H2. The van der Waals surface area contributed by atoms with Crippen LogP contribution in [0.4, 0.5) is 4.39 Å². The zero-order valence-corrected chi connectivity index (χ0v) is 11.1. The third-order valence-electron chi connectivity index (χ3n) is 3.54. The van der Waals surface area contributed by atoms with Gasteiger partial charge in [-0.3, -0.25) is 0 Å². The van der Waals surface area contributed by atoms with E-state index in [1.165, 1.54) is 6.07 Å². The highest BCUT2D eigenvalue weighted by Gasteiger charge is 2.44. The fourth-order valence-electron chi connectivity index (χ4n) is 2.00. The molecule has 3 rings (SSSR count). The zero-order chi connectivity index (χ0) is 13.8. The van der Waals surface area contributed by atoms with Gasteiger partial charge >= 0.3 is 0 Å². The minimum absolute atomic E-state index is 0.0198. The Morgan fingerprint density at radius 1 is 1.00 bits per heavy atom. The van der Waals surface area contributed by atoms with E-state index in [1.54, 1.807) is 18.2 Å². The molecule has 1 aliphatic rings. The minimum Gasteiger partial charge on any atom is -0.492 e. The number of para-hydroxylation sites is 2. The van der Waals surface area contributed by atoms with Gasteiger partial charge in [0.05, 0.1) is 13.2 Å². The fraction of sp³-hybridized carbons (Fsp3) is 0.294. The Hall–Kier alpha value is -2.03. The average molecular weight is 271 g/mol. The molecule has 0 amide bonds. The molecule has 0 aliphatic heterocycles. The highest BCUT2D eigenvalue weighted by Crippen LogP contribution is 2.46. The lowest BCUT2D eigenvalue weighted by Gasteiger charge is -2.17. The van der Waals surface area contributed by atoms with Crippen LogP contribution in [-0.2, 0) is 0 Å². The largest absolute Gasteiger partial charge is 0.492 e. The monoisotopic (exact) mass is 271 g/mol. The van der Waals surface area contributed by atoms with Gasteiger partial charge in [-0.05, 0) is 31.0 Å². The predicted molar refractivity (Wildman–Crippen MR) is 74.3 cm³/mol. The molecule has 0 N–H and O–H groups in total. The van der Waals surface area contributed by atoms with Crippen molar-refractivity contribution in [3.63, 3.8) is 0 Å². The summed E-state index contributed by atoms with van der Waals surface area (Å²) in [5.41, 5.74) is 0.0198. The van der Waals surface area contributed by atoms with Crippen molar-refractivity contribution in [2.45, 2.75) is 12.8 Å². The third kappa shape index (κ3) is 3.10. The van der Waals surface area contributed by atoms with Crippen molar-refractivity contribution in [3.05, 3.63) is 60.4 Å². The van der Waals surface area contributed by atoms with E-state index in [4.69, 9.17) is 9.47 Å². The molecule has 20 heavy (non-hydrogen) atoms. The summed E-state index contributed by atoms with van der Waals surface area (Å²) in [7, 11) is 0. The van der Waals surface area contributed by atoms with Gasteiger partial charge in [-0.25, -0.2) is 4.39 Å². The van der Waals surface area contributed by atoms with Crippen molar-refractivity contribution in [2.75, 3.05) is 13.2 Å². The Labute approximate surface area is 118 Å². The van der Waals surface area contributed by atoms with E-state index in [2.05, 4.69) is 6.07 Å². The summed E-state index contributed by atoms with van der Waals surface area (Å²) in [5.74, 6) is 0.732. The van der Waals surface area contributed by atoms with Gasteiger partial charge < -0.3 is 9.47 Å². The van der Waals surface area contributed by atoms with Crippen LogP contribution in [0.15, 0.2) is 48.5 Å². The van der Waals surface area contributed by atoms with Gasteiger partial charge in [0.2, 0.25) is 0 Å². The summed E-state index contributed by atoms with van der Waals surface area (Å²) in [6.07, 6.45) is 2.10. The van der Waals surface area contributed by atoms with Crippen molar-refractivity contribution in [1.82, 2.24) is 0 Å². The minimum atomic E-state index is -0.319. The Balaban J connectivity index is 1.54. The first-order valence-electron chi connectivity index (χ1n) is 6.74. The molecule has 0 aromatic heterocycles. The van der Waals surface area contributed by atoms with Crippen LogP contribution in [0.25, 0.3) is 0 Å². The van der Waals surface area contributed by atoms with Crippen molar-refractivity contribution >= 4 is 0 Å². The summed E-state index contributed by atoms with van der Waals surface area (Å²) in [6.45, 7) is 1.07. The maximum absolute atomic E-state index is 13.5. The summed E-state index contributed by atoms with van der Waals surface area (Å²) in [6, 6.07) is 17.0. The molecule has 103 valence electrons. The molecule has 0 spiro atoms. The number of benzene rings is 2. The van der Waals surface area contributed by atoms with Crippen molar-refractivity contribution < 1.29 is 13.9 Å². The number of ether oxygens (including phenoxy) is 2. The molecule has 2 aromatic rings. The summed E-state index contributed by atoms with van der Waals surface area (Å²) in [4.78, 5) is 0. The van der Waals surface area contributed by atoms with Gasteiger partial charge in [0.1, 0.15) is 5.75 Å². The second-order valence-electron chi connectivity index (χ2n) is 5.23. The Kier molecular flexibility index (Phi) is 3.59. The number of hydrogen-bond donors (Lipinski definition) is 0. The van der Waals surface area contributed by atoms with E-state index >= 15 is 0 Å². The molecule has 2 nitrogen and oxygen atoms in total. The molecule has 3 heteroatoms. The molecule has 1 aliphatic carbocycles. The Bertz CT molecular complexity index is 564. The third-order valence-corrected chi connectivity index (χ3v) is 3.54. The molecular weight excluding hydrogens is 255 g/mol. The van der Waals surface area contributed by atoms with Crippen LogP contribution in [0.1, 0.15) is 12.8 Å². The van der Waals surface area contributed by atoms with E-state index in [0.717, 1.165) is 18.6 Å². The molecule has 0 unspecified atom stereocenters. The summed E-state index contributed by atoms with van der Waals surface area (Å²) in [5, 5.41) is 0. The lowest BCUT2D eigenvalue weighted by atomic mass is 10.1. The first-order valence-corrected chi connectivity index (χ1v) is 6.74. The topological polar surface area (TPSA) is 18.5 Å². The SMILES string of the molecule is Fc1ccccc1OCC1(COc2[c]cccc2)CC1. The predicted octanol–water partition coefficient (Wildman–Crippen LogP) is 3.86. The maximum atomic E-state index is 13.5. The molecule has 0 bridgehead atoms. The lowest BCUT2D eigenvalue weighted by Crippen LogP contribution is -2.21. The molecule has 1 fully saturated rings. The van der Waals surface area contributed by atoms with Gasteiger partial charge in [-0.15, -0.1) is 0 Å². The van der Waals surface area contributed by atoms with Crippen molar-refractivity contribution in [2.24, 2.45) is 5.41 Å². The molecule has 0 saturated heterocycles. The number of halogens is 1. The second-order valence-corrected chi connectivity index (χ2v) is 5.23. The molecular formula is C17H16FO2. The van der Waals surface area contributed by atoms with Gasteiger partial charge in [-0.1, -0.05) is 30.3 Å². The van der Waals surface area contributed by atoms with E-state index in [-0.39, 0.29) is 11.2 Å². The molecule has 1 radical (unpaired) electrons. The smallest absolute Gasteiger partial charge is 0.165 e. The molecule has 1 saturated carbocycles. The highest BCUT2D eigenvalue weighted by molar-refractivity contribution is 5.24. The fourth-order valence-corrected chi connectivity index (χ4v) is 2.00. The molecule has 2 aromatic carbocycles. The van der Waals surface area contributed by atoms with Crippen LogP contribution in [-0.4, -0.2) is 13.2 Å². The quantitative estimate of drug-likeness (QED) is 0.794. The van der Waals surface area contributed by atoms with Crippen molar-refractivity contribution in [3.8, 4) is 11.5 Å². The van der Waals surface area contributed by atoms with Crippen LogP contribution in [0.2, 0.25) is 0 Å². The van der Waals surface area contributed by atoms with Gasteiger partial charge in [-0.2, -0.15) is 0 Å². The van der Waals surface area contributed by atoms with Gasteiger partial charge in [0.15, 0.2) is 11.6 Å². The second kappa shape index (κ2) is 5.53. The summed E-state index contributed by atoms with van der Waals surface area (Å²) >= 11 is 0. The first kappa shape index (κ1) is 13.0. The Morgan fingerprint density at radius 2 is 1.75 bits per heavy atom. The number of rotatable bonds is 6. The average Bonchev–Trinajstić information content (AvgIpc) is 3.26. The van der Waals surface area contributed by atoms with Crippen LogP contribution in [0.5, 0.6) is 11.5 Å². The van der Waals surface area contributed by atoms with E-state index < -0.39 is 0 Å². The van der Waals surface area contributed by atoms with Crippen molar-refractivity contribution in [1.29, 1.82) is 0 Å². The Morgan fingerprint density at radius 3 is 2.45 bits per heavy atom. The van der Waals surface area contributed by atoms with E-state index in [0.29, 0.717) is 19.0 Å². The van der Waals surface area contributed by atoms with Gasteiger partial charge in [0, 0.05) is 11.5 Å². The maximum Gasteiger partial charge on any atom is 0.165 e. The zero-order valence-electron chi connectivity index (χ0n) is 11.1.